The maximum atomic E-state index is 4.04. The van der Waals surface area contributed by atoms with Crippen LogP contribution in [0.2, 0.25) is 0 Å². The number of nitrogens with zero attached hydrogens (tertiary/aromatic N) is 1. The van der Waals surface area contributed by atoms with Crippen LogP contribution in [-0.2, 0) is 0 Å². The van der Waals surface area contributed by atoms with E-state index in [4.69, 9.17) is 0 Å². The van der Waals surface area contributed by atoms with Crippen LogP contribution in [0.4, 0.5) is 0 Å². The van der Waals surface area contributed by atoms with E-state index < -0.39 is 0 Å². The van der Waals surface area contributed by atoms with Crippen molar-refractivity contribution in [1.82, 2.24) is 4.90 Å². The molecule has 0 amide bonds. The lowest BCUT2D eigenvalue weighted by Crippen LogP contribution is -2.22. The minimum atomic E-state index is 0.541. The van der Waals surface area contributed by atoms with Crippen LogP contribution in [0.25, 0.3) is 0 Å². The summed E-state index contributed by atoms with van der Waals surface area (Å²) < 4.78 is 0. The molecule has 0 rings (SSSR count). The SMILES string of the molecule is C=C(C(C)C)N(C)C/C(C)=C/C. The summed E-state index contributed by atoms with van der Waals surface area (Å²) in [5, 5.41) is 0. The molecule has 0 atom stereocenters. The average Bonchev–Trinajstić information content (AvgIpc) is 2.02. The fraction of sp³-hybridized carbons (Fsp3) is 0.636. The number of allylic oxidation sites excluding steroid dienone is 2. The summed E-state index contributed by atoms with van der Waals surface area (Å²) in [5.74, 6) is 0.541. The Balaban J connectivity index is 4.04. The van der Waals surface area contributed by atoms with E-state index >= 15 is 0 Å². The summed E-state index contributed by atoms with van der Waals surface area (Å²) in [4.78, 5) is 2.21. The third-order valence-corrected chi connectivity index (χ3v) is 2.14. The van der Waals surface area contributed by atoms with Gasteiger partial charge < -0.3 is 4.90 Å². The first-order valence-electron chi connectivity index (χ1n) is 4.50. The Bertz CT molecular complexity index is 177. The van der Waals surface area contributed by atoms with Crippen molar-refractivity contribution in [1.29, 1.82) is 0 Å². The van der Waals surface area contributed by atoms with Crippen LogP contribution in [0.1, 0.15) is 27.7 Å². The Morgan fingerprint density at radius 3 is 2.33 bits per heavy atom. The zero-order valence-electron chi connectivity index (χ0n) is 9.02. The molecule has 0 aromatic heterocycles. The molecule has 0 N–H and O–H groups in total. The first kappa shape index (κ1) is 11.3. The van der Waals surface area contributed by atoms with Crippen molar-refractivity contribution in [2.45, 2.75) is 27.7 Å². The Morgan fingerprint density at radius 1 is 1.50 bits per heavy atom. The third kappa shape index (κ3) is 3.61. The van der Waals surface area contributed by atoms with Gasteiger partial charge in [-0.1, -0.05) is 32.1 Å². The summed E-state index contributed by atoms with van der Waals surface area (Å²) in [7, 11) is 2.09. The van der Waals surface area contributed by atoms with Gasteiger partial charge in [0.05, 0.1) is 0 Å². The largest absolute Gasteiger partial charge is 0.374 e. The molecule has 0 fully saturated rings. The van der Waals surface area contributed by atoms with Gasteiger partial charge in [0, 0.05) is 19.3 Å². The zero-order valence-corrected chi connectivity index (χ0v) is 9.02. The van der Waals surface area contributed by atoms with Gasteiger partial charge in [0.15, 0.2) is 0 Å². The fourth-order valence-corrected chi connectivity index (χ4v) is 1.01. The van der Waals surface area contributed by atoms with Gasteiger partial charge in [-0.2, -0.15) is 0 Å². The van der Waals surface area contributed by atoms with Crippen LogP contribution in [0.5, 0.6) is 0 Å². The second-order valence-electron chi connectivity index (χ2n) is 3.64. The molecule has 0 spiro atoms. The maximum Gasteiger partial charge on any atom is 0.0379 e. The highest BCUT2D eigenvalue weighted by atomic mass is 15.1. The summed E-state index contributed by atoms with van der Waals surface area (Å²) in [6.07, 6.45) is 2.14. The van der Waals surface area contributed by atoms with Crippen molar-refractivity contribution in [3.63, 3.8) is 0 Å². The van der Waals surface area contributed by atoms with Crippen LogP contribution in [0, 0.1) is 5.92 Å². The van der Waals surface area contributed by atoms with E-state index in [2.05, 4.69) is 52.3 Å². The molecule has 0 aromatic carbocycles. The Labute approximate surface area is 76.8 Å². The molecule has 12 heavy (non-hydrogen) atoms. The topological polar surface area (TPSA) is 3.24 Å². The fourth-order valence-electron chi connectivity index (χ4n) is 1.01. The molecule has 0 radical (unpaired) electrons. The minimum absolute atomic E-state index is 0.541. The van der Waals surface area contributed by atoms with Gasteiger partial charge in [-0.15, -0.1) is 0 Å². The predicted octanol–water partition coefficient (Wildman–Crippen LogP) is 3.05. The van der Waals surface area contributed by atoms with Crippen molar-refractivity contribution in [2.24, 2.45) is 5.92 Å². The van der Waals surface area contributed by atoms with Crippen LogP contribution >= 0.6 is 0 Å². The monoisotopic (exact) mass is 167 g/mol. The molecule has 0 saturated heterocycles. The minimum Gasteiger partial charge on any atom is -0.374 e. The molecule has 0 aliphatic heterocycles. The van der Waals surface area contributed by atoms with Crippen LogP contribution < -0.4 is 0 Å². The van der Waals surface area contributed by atoms with Crippen molar-refractivity contribution in [3.05, 3.63) is 23.9 Å². The molecular weight excluding hydrogens is 146 g/mol. The molecule has 1 heteroatoms. The van der Waals surface area contributed by atoms with E-state index in [1.165, 1.54) is 11.3 Å². The summed E-state index contributed by atoms with van der Waals surface area (Å²) >= 11 is 0. The van der Waals surface area contributed by atoms with Crippen molar-refractivity contribution < 1.29 is 0 Å². The van der Waals surface area contributed by atoms with E-state index in [9.17, 15) is 0 Å². The second kappa shape index (κ2) is 5.02. The van der Waals surface area contributed by atoms with Gasteiger partial charge in [-0.05, 0) is 19.8 Å². The molecule has 0 saturated carbocycles. The molecule has 1 nitrogen and oxygen atoms in total. The second-order valence-corrected chi connectivity index (χ2v) is 3.64. The Hall–Kier alpha value is -0.720. The van der Waals surface area contributed by atoms with Gasteiger partial charge in [0.2, 0.25) is 0 Å². The summed E-state index contributed by atoms with van der Waals surface area (Å²) in [6, 6.07) is 0. The molecule has 0 aliphatic rings. The zero-order chi connectivity index (χ0) is 9.72. The van der Waals surface area contributed by atoms with Gasteiger partial charge in [0.1, 0.15) is 0 Å². The van der Waals surface area contributed by atoms with E-state index in [1.54, 1.807) is 0 Å². The van der Waals surface area contributed by atoms with Crippen molar-refractivity contribution in [3.8, 4) is 0 Å². The van der Waals surface area contributed by atoms with Gasteiger partial charge in [0.25, 0.3) is 0 Å². The number of rotatable bonds is 4. The van der Waals surface area contributed by atoms with Crippen molar-refractivity contribution >= 4 is 0 Å². The van der Waals surface area contributed by atoms with E-state index in [0.29, 0.717) is 5.92 Å². The highest BCUT2D eigenvalue weighted by Crippen LogP contribution is 2.11. The normalized spacial score (nSPS) is 12.0. The number of hydrogen-bond donors (Lipinski definition) is 0. The Kier molecular flexibility index (Phi) is 4.72. The summed E-state index contributed by atoms with van der Waals surface area (Å²) in [6.45, 7) is 13.6. The smallest absolute Gasteiger partial charge is 0.0379 e. The molecule has 0 heterocycles. The lowest BCUT2D eigenvalue weighted by molar-refractivity contribution is 0.404. The van der Waals surface area contributed by atoms with E-state index in [-0.39, 0.29) is 0 Å². The first-order chi connectivity index (χ1) is 5.49. The Morgan fingerprint density at radius 2 is 2.00 bits per heavy atom. The third-order valence-electron chi connectivity index (χ3n) is 2.14. The van der Waals surface area contributed by atoms with Gasteiger partial charge >= 0.3 is 0 Å². The van der Waals surface area contributed by atoms with E-state index in [0.717, 1.165) is 6.54 Å². The standard InChI is InChI=1S/C11H21N/c1-7-10(4)8-12(6)11(5)9(2)3/h7,9H,5,8H2,1-4,6H3/b10-7+. The number of hydrogen-bond acceptors (Lipinski definition) is 1. The van der Waals surface area contributed by atoms with Gasteiger partial charge in [-0.25, -0.2) is 0 Å². The molecule has 0 aromatic rings. The quantitative estimate of drug-likeness (QED) is 0.582. The van der Waals surface area contributed by atoms with Gasteiger partial charge in [-0.3, -0.25) is 0 Å². The lowest BCUT2D eigenvalue weighted by atomic mass is 10.1. The average molecular weight is 167 g/mol. The summed E-state index contributed by atoms with van der Waals surface area (Å²) in [5.41, 5.74) is 2.59. The molecule has 0 bridgehead atoms. The lowest BCUT2D eigenvalue weighted by Gasteiger charge is -2.24. The molecule has 0 unspecified atom stereocenters. The van der Waals surface area contributed by atoms with Crippen molar-refractivity contribution in [2.75, 3.05) is 13.6 Å². The maximum absolute atomic E-state index is 4.04. The molecule has 70 valence electrons. The first-order valence-corrected chi connectivity index (χ1v) is 4.50. The van der Waals surface area contributed by atoms with E-state index in [1.807, 2.05) is 0 Å². The highest BCUT2D eigenvalue weighted by molar-refractivity contribution is 5.04. The predicted molar refractivity (Wildman–Crippen MR) is 56.0 cm³/mol. The molecule has 0 aliphatic carbocycles. The van der Waals surface area contributed by atoms with Crippen LogP contribution in [-0.4, -0.2) is 18.5 Å². The molecular formula is C11H21N. The highest BCUT2D eigenvalue weighted by Gasteiger charge is 2.05. The van der Waals surface area contributed by atoms with Crippen LogP contribution in [0.3, 0.4) is 0 Å². The number of likely N-dealkylation sites (N-methyl/N-ethyl adjacent to an activating group) is 1. The van der Waals surface area contributed by atoms with Crippen LogP contribution in [0.15, 0.2) is 23.9 Å².